The van der Waals surface area contributed by atoms with E-state index in [9.17, 15) is 16.8 Å². The predicted molar refractivity (Wildman–Crippen MR) is 99.4 cm³/mol. The van der Waals surface area contributed by atoms with Gasteiger partial charge in [0.15, 0.2) is 0 Å². The molecule has 2 rings (SSSR count). The van der Waals surface area contributed by atoms with E-state index in [2.05, 4.69) is 4.72 Å². The maximum absolute atomic E-state index is 12.3. The number of aryl methyl sites for hydroxylation is 1. The highest BCUT2D eigenvalue weighted by Gasteiger charge is 2.27. The van der Waals surface area contributed by atoms with Crippen molar-refractivity contribution in [3.05, 3.63) is 29.8 Å². The molecule has 0 aliphatic heterocycles. The molecule has 0 radical (unpaired) electrons. The molecule has 0 bridgehead atoms. The Bertz CT molecular complexity index is 750. The molecule has 1 aliphatic carbocycles. The summed E-state index contributed by atoms with van der Waals surface area (Å²) in [6.07, 6.45) is 7.20. The second-order valence-corrected chi connectivity index (χ2v) is 10.4. The third kappa shape index (κ3) is 6.06. The summed E-state index contributed by atoms with van der Waals surface area (Å²) in [6.45, 7) is 2.12. The van der Waals surface area contributed by atoms with E-state index in [-0.39, 0.29) is 24.0 Å². The molecule has 1 aliphatic rings. The first-order valence-electron chi connectivity index (χ1n) is 8.73. The van der Waals surface area contributed by atoms with Crippen LogP contribution in [0.5, 0.6) is 0 Å². The lowest BCUT2D eigenvalue weighted by Crippen LogP contribution is -2.44. The molecule has 1 N–H and O–H groups in total. The second kappa shape index (κ2) is 8.62. The fourth-order valence-electron chi connectivity index (χ4n) is 3.26. The van der Waals surface area contributed by atoms with Gasteiger partial charge in [-0.3, -0.25) is 0 Å². The lowest BCUT2D eigenvalue weighted by molar-refractivity contribution is 0.297. The molecule has 25 heavy (non-hydrogen) atoms. The Morgan fingerprint density at radius 1 is 1.00 bits per heavy atom. The number of benzene rings is 1. The zero-order valence-corrected chi connectivity index (χ0v) is 16.6. The number of hydrogen-bond acceptors (Lipinski definition) is 4. The lowest BCUT2D eigenvalue weighted by Gasteiger charge is -2.29. The summed E-state index contributed by atoms with van der Waals surface area (Å²) < 4.78 is 52.9. The van der Waals surface area contributed by atoms with Crippen LogP contribution in [-0.2, 0) is 20.0 Å². The van der Waals surface area contributed by atoms with Crippen LogP contribution in [0, 0.1) is 6.92 Å². The second-order valence-electron chi connectivity index (χ2n) is 6.73. The predicted octanol–water partition coefficient (Wildman–Crippen LogP) is 2.26. The van der Waals surface area contributed by atoms with Gasteiger partial charge in [-0.25, -0.2) is 21.6 Å². The van der Waals surface area contributed by atoms with Gasteiger partial charge in [0.1, 0.15) is 0 Å². The number of rotatable bonds is 7. The molecule has 1 fully saturated rings. The zero-order valence-electron chi connectivity index (χ0n) is 14.9. The summed E-state index contributed by atoms with van der Waals surface area (Å²) >= 11 is 0. The first kappa shape index (κ1) is 20.4. The maximum Gasteiger partial charge on any atom is 0.240 e. The number of hydrogen-bond donors (Lipinski definition) is 1. The first-order chi connectivity index (χ1) is 11.7. The van der Waals surface area contributed by atoms with Crippen LogP contribution in [0.1, 0.15) is 44.1 Å². The maximum atomic E-state index is 12.3. The molecule has 0 atom stereocenters. The van der Waals surface area contributed by atoms with Gasteiger partial charge in [0.05, 0.1) is 11.2 Å². The smallest absolute Gasteiger partial charge is 0.212 e. The largest absolute Gasteiger partial charge is 0.240 e. The Morgan fingerprint density at radius 3 is 2.08 bits per heavy atom. The minimum atomic E-state index is -3.63. The average molecular weight is 389 g/mol. The summed E-state index contributed by atoms with van der Waals surface area (Å²) in [5.74, 6) is 0. The zero-order chi connectivity index (χ0) is 18.5. The molecule has 6 nitrogen and oxygen atoms in total. The van der Waals surface area contributed by atoms with Crippen LogP contribution in [0.4, 0.5) is 0 Å². The van der Waals surface area contributed by atoms with Crippen molar-refractivity contribution >= 4 is 20.0 Å². The van der Waals surface area contributed by atoms with Gasteiger partial charge in [-0.2, -0.15) is 4.31 Å². The third-order valence-electron chi connectivity index (χ3n) is 4.61. The molecule has 8 heteroatoms. The van der Waals surface area contributed by atoms with E-state index in [0.29, 0.717) is 0 Å². The van der Waals surface area contributed by atoms with Crippen LogP contribution in [0.15, 0.2) is 29.2 Å². The Labute approximate surface area is 151 Å². The third-order valence-corrected chi connectivity index (χ3v) is 7.42. The normalized spacial score (nSPS) is 17.6. The van der Waals surface area contributed by atoms with E-state index in [0.717, 1.165) is 44.1 Å². The topological polar surface area (TPSA) is 83.6 Å². The van der Waals surface area contributed by atoms with Gasteiger partial charge in [-0.05, 0) is 31.9 Å². The van der Waals surface area contributed by atoms with E-state index < -0.39 is 20.0 Å². The summed E-state index contributed by atoms with van der Waals surface area (Å²) in [7, 11) is -7.00. The van der Waals surface area contributed by atoms with Crippen LogP contribution in [0.3, 0.4) is 0 Å². The van der Waals surface area contributed by atoms with Gasteiger partial charge in [0.25, 0.3) is 0 Å². The van der Waals surface area contributed by atoms with E-state index >= 15 is 0 Å². The molecule has 142 valence electrons. The molecule has 0 amide bonds. The van der Waals surface area contributed by atoms with Crippen LogP contribution in [0.25, 0.3) is 0 Å². The van der Waals surface area contributed by atoms with Gasteiger partial charge in [-0.1, -0.05) is 43.4 Å². The van der Waals surface area contributed by atoms with Crippen molar-refractivity contribution in [1.82, 2.24) is 9.03 Å². The molecule has 1 aromatic carbocycles. The average Bonchev–Trinajstić information content (AvgIpc) is 2.79. The number of nitrogens with one attached hydrogen (secondary N) is 1. The Morgan fingerprint density at radius 2 is 1.56 bits per heavy atom. The highest BCUT2D eigenvalue weighted by atomic mass is 32.2. The monoisotopic (exact) mass is 388 g/mol. The van der Waals surface area contributed by atoms with Crippen LogP contribution in [-0.4, -0.2) is 46.5 Å². The van der Waals surface area contributed by atoms with E-state index in [4.69, 9.17) is 0 Å². The highest BCUT2D eigenvalue weighted by molar-refractivity contribution is 7.89. The molecular weight excluding hydrogens is 360 g/mol. The van der Waals surface area contributed by atoms with E-state index in [1.807, 2.05) is 6.92 Å². The standard InChI is InChI=1S/C17H28N2O4S2/c1-15-9-11-17(12-10-15)25(22,23)18-13-14-19(24(2,20)21)16-7-5-3-4-6-8-16/h9-12,16,18H,3-8,13-14H2,1-2H3. The Kier molecular flexibility index (Phi) is 7.01. The van der Waals surface area contributed by atoms with Crippen molar-refractivity contribution in [3.8, 4) is 0 Å². The summed E-state index contributed by atoms with van der Waals surface area (Å²) in [5, 5.41) is 0. The quantitative estimate of drug-likeness (QED) is 0.726. The summed E-state index contributed by atoms with van der Waals surface area (Å²) in [6, 6.07) is 6.56. The molecule has 1 aromatic rings. The van der Waals surface area contributed by atoms with Gasteiger partial charge < -0.3 is 0 Å². The van der Waals surface area contributed by atoms with Gasteiger partial charge in [0, 0.05) is 19.1 Å². The van der Waals surface area contributed by atoms with Crippen molar-refractivity contribution in [1.29, 1.82) is 0 Å². The van der Waals surface area contributed by atoms with E-state index in [1.54, 1.807) is 24.3 Å². The highest BCUT2D eigenvalue weighted by Crippen LogP contribution is 2.23. The lowest BCUT2D eigenvalue weighted by atomic mass is 10.1. The molecular formula is C17H28N2O4S2. The number of sulfonamides is 2. The minimum absolute atomic E-state index is 0.0265. The SMILES string of the molecule is Cc1ccc(S(=O)(=O)NCCN(C2CCCCCC2)S(C)(=O)=O)cc1. The van der Waals surface area contributed by atoms with Crippen LogP contribution in [0.2, 0.25) is 0 Å². The fraction of sp³-hybridized carbons (Fsp3) is 0.647. The van der Waals surface area contributed by atoms with Gasteiger partial charge in [0.2, 0.25) is 20.0 Å². The summed E-state index contributed by atoms with van der Waals surface area (Å²) in [5.41, 5.74) is 0.982. The van der Waals surface area contributed by atoms with Gasteiger partial charge >= 0.3 is 0 Å². The first-order valence-corrected chi connectivity index (χ1v) is 12.1. The molecule has 0 spiro atoms. The van der Waals surface area contributed by atoms with E-state index in [1.165, 1.54) is 10.6 Å². The molecule has 0 aromatic heterocycles. The minimum Gasteiger partial charge on any atom is -0.212 e. The molecule has 0 saturated heterocycles. The van der Waals surface area contributed by atoms with Crippen molar-refractivity contribution < 1.29 is 16.8 Å². The summed E-state index contributed by atoms with van der Waals surface area (Å²) in [4.78, 5) is 0.193. The Balaban J connectivity index is 2.01. The number of nitrogens with zero attached hydrogens (tertiary/aromatic N) is 1. The molecule has 0 unspecified atom stereocenters. The molecule has 0 heterocycles. The van der Waals surface area contributed by atoms with Crippen LogP contribution < -0.4 is 4.72 Å². The van der Waals surface area contributed by atoms with Gasteiger partial charge in [-0.15, -0.1) is 0 Å². The van der Waals surface area contributed by atoms with Crippen molar-refractivity contribution in [2.45, 2.75) is 56.4 Å². The van der Waals surface area contributed by atoms with Crippen molar-refractivity contribution in [3.63, 3.8) is 0 Å². The van der Waals surface area contributed by atoms with Crippen molar-refractivity contribution in [2.75, 3.05) is 19.3 Å². The van der Waals surface area contributed by atoms with Crippen molar-refractivity contribution in [2.24, 2.45) is 0 Å². The fourth-order valence-corrected chi connectivity index (χ4v) is 5.45. The van der Waals surface area contributed by atoms with Crippen LogP contribution >= 0.6 is 0 Å². The Hall–Kier alpha value is -0.960. The molecule has 1 saturated carbocycles.